The van der Waals surface area contributed by atoms with E-state index >= 15 is 0 Å². The summed E-state index contributed by atoms with van der Waals surface area (Å²) in [5.41, 5.74) is 1.26. The predicted octanol–water partition coefficient (Wildman–Crippen LogP) is 4.03. The van der Waals surface area contributed by atoms with Gasteiger partial charge in [0.05, 0.1) is 16.9 Å². The van der Waals surface area contributed by atoms with Gasteiger partial charge in [-0.2, -0.15) is 11.8 Å². The molecule has 0 atom stereocenters. The average molecular weight is 506 g/mol. The number of carbonyl (C=O) groups is 1. The number of halogens is 2. The Balaban J connectivity index is 1.95. The Labute approximate surface area is 195 Å². The number of carbonyl (C=O) groups excluding carboxylic acids is 1. The predicted molar refractivity (Wildman–Crippen MR) is 126 cm³/mol. The molecule has 2 aromatic carbocycles. The number of hydrogen-bond donors (Lipinski definition) is 1. The quantitative estimate of drug-likeness (QED) is 0.296. The van der Waals surface area contributed by atoms with Crippen LogP contribution in [-0.2, 0) is 20.6 Å². The number of benzene rings is 2. The Kier molecular flexibility index (Phi) is 8.99. The lowest BCUT2D eigenvalue weighted by atomic mass is 10.2. The van der Waals surface area contributed by atoms with Gasteiger partial charge in [0.15, 0.2) is 0 Å². The first-order chi connectivity index (χ1) is 14.5. The van der Waals surface area contributed by atoms with Gasteiger partial charge in [0.1, 0.15) is 6.54 Å². The van der Waals surface area contributed by atoms with Crippen LogP contribution in [0.15, 0.2) is 36.4 Å². The monoisotopic (exact) mass is 505 g/mol. The number of amides is 1. The molecule has 2 aromatic rings. The molecule has 2 rings (SSSR count). The second-order valence-electron chi connectivity index (χ2n) is 6.64. The second kappa shape index (κ2) is 11.0. The van der Waals surface area contributed by atoms with Gasteiger partial charge in [-0.3, -0.25) is 19.2 Å². The topological polar surface area (TPSA) is 110 Å². The standard InChI is InChI=1S/C19H21Cl2N3O5S2/c1-13-3-6-16(24(26)27)10-18(13)23(31(2,28)29)11-19(25)22-7-8-30-12-14-4-5-15(20)9-17(14)21/h3-6,9-10H,7-8,11-12H2,1-2H3,(H,22,25). The highest BCUT2D eigenvalue weighted by Crippen LogP contribution is 2.27. The van der Waals surface area contributed by atoms with E-state index in [2.05, 4.69) is 5.32 Å². The van der Waals surface area contributed by atoms with Gasteiger partial charge in [-0.1, -0.05) is 35.3 Å². The first-order valence-electron chi connectivity index (χ1n) is 9.00. The maximum absolute atomic E-state index is 12.3. The first kappa shape index (κ1) is 25.3. The average Bonchev–Trinajstić information content (AvgIpc) is 2.67. The Hall–Kier alpha value is -2.01. The molecule has 0 aromatic heterocycles. The van der Waals surface area contributed by atoms with Crippen LogP contribution in [0.25, 0.3) is 0 Å². The van der Waals surface area contributed by atoms with Gasteiger partial charge < -0.3 is 5.32 Å². The van der Waals surface area contributed by atoms with Crippen molar-refractivity contribution in [2.45, 2.75) is 12.7 Å². The number of nitrogens with one attached hydrogen (secondary N) is 1. The Morgan fingerprint density at radius 2 is 1.94 bits per heavy atom. The summed E-state index contributed by atoms with van der Waals surface area (Å²) in [5.74, 6) is 0.703. The molecule has 168 valence electrons. The molecular formula is C19H21Cl2N3O5S2. The van der Waals surface area contributed by atoms with Crippen LogP contribution >= 0.6 is 35.0 Å². The molecule has 1 N–H and O–H groups in total. The minimum absolute atomic E-state index is 0.0959. The van der Waals surface area contributed by atoms with Gasteiger partial charge in [0, 0.05) is 40.2 Å². The maximum atomic E-state index is 12.3. The number of sulfonamides is 1. The lowest BCUT2D eigenvalue weighted by molar-refractivity contribution is -0.384. The SMILES string of the molecule is Cc1ccc([N+](=O)[O-])cc1N(CC(=O)NCCSCc1ccc(Cl)cc1Cl)S(C)(=O)=O. The molecule has 0 unspecified atom stereocenters. The molecule has 0 saturated carbocycles. The number of non-ortho nitro benzene ring substituents is 1. The van der Waals surface area contributed by atoms with Crippen LogP contribution in [0.2, 0.25) is 10.0 Å². The van der Waals surface area contributed by atoms with Crippen LogP contribution in [-0.4, -0.2) is 44.3 Å². The molecular weight excluding hydrogens is 485 g/mol. The Morgan fingerprint density at radius 3 is 2.55 bits per heavy atom. The third kappa shape index (κ3) is 7.57. The van der Waals surface area contributed by atoms with Crippen molar-refractivity contribution in [2.24, 2.45) is 0 Å². The van der Waals surface area contributed by atoms with Crippen LogP contribution in [0.5, 0.6) is 0 Å². The van der Waals surface area contributed by atoms with Crippen molar-refractivity contribution in [2.75, 3.05) is 29.4 Å². The van der Waals surface area contributed by atoms with E-state index in [1.54, 1.807) is 30.8 Å². The van der Waals surface area contributed by atoms with E-state index < -0.39 is 27.4 Å². The van der Waals surface area contributed by atoms with E-state index in [-0.39, 0.29) is 11.4 Å². The Bertz CT molecular complexity index is 1080. The van der Waals surface area contributed by atoms with Gasteiger partial charge in [0.2, 0.25) is 15.9 Å². The highest BCUT2D eigenvalue weighted by Gasteiger charge is 2.24. The zero-order chi connectivity index (χ0) is 23.2. The van der Waals surface area contributed by atoms with Crippen molar-refractivity contribution in [1.29, 1.82) is 0 Å². The number of nitro groups is 1. The number of aryl methyl sites for hydroxylation is 1. The number of thioether (sulfide) groups is 1. The fourth-order valence-corrected chi connectivity index (χ4v) is 4.95. The second-order valence-corrected chi connectivity index (χ2v) is 10.5. The smallest absolute Gasteiger partial charge is 0.271 e. The minimum Gasteiger partial charge on any atom is -0.354 e. The molecule has 0 heterocycles. The van der Waals surface area contributed by atoms with Crippen molar-refractivity contribution in [3.8, 4) is 0 Å². The van der Waals surface area contributed by atoms with Gasteiger partial charge in [-0.15, -0.1) is 0 Å². The summed E-state index contributed by atoms with van der Waals surface area (Å²) in [6, 6.07) is 9.12. The fourth-order valence-electron chi connectivity index (χ4n) is 2.63. The van der Waals surface area contributed by atoms with E-state index in [0.29, 0.717) is 33.7 Å². The van der Waals surface area contributed by atoms with Gasteiger partial charge in [-0.05, 0) is 30.2 Å². The van der Waals surface area contributed by atoms with Crippen LogP contribution in [0.1, 0.15) is 11.1 Å². The van der Waals surface area contributed by atoms with Crippen LogP contribution in [0, 0.1) is 17.0 Å². The summed E-state index contributed by atoms with van der Waals surface area (Å²) >= 11 is 13.5. The van der Waals surface area contributed by atoms with Gasteiger partial charge >= 0.3 is 0 Å². The van der Waals surface area contributed by atoms with E-state index in [4.69, 9.17) is 23.2 Å². The van der Waals surface area contributed by atoms with E-state index in [1.807, 2.05) is 6.07 Å². The van der Waals surface area contributed by atoms with Gasteiger partial charge in [0.25, 0.3) is 5.69 Å². The lowest BCUT2D eigenvalue weighted by Crippen LogP contribution is -2.41. The van der Waals surface area contributed by atoms with Crippen molar-refractivity contribution >= 4 is 62.3 Å². The van der Waals surface area contributed by atoms with E-state index in [0.717, 1.165) is 22.2 Å². The Morgan fingerprint density at radius 1 is 1.23 bits per heavy atom. The maximum Gasteiger partial charge on any atom is 0.271 e. The zero-order valence-electron chi connectivity index (χ0n) is 16.8. The molecule has 31 heavy (non-hydrogen) atoms. The highest BCUT2D eigenvalue weighted by molar-refractivity contribution is 7.98. The van der Waals surface area contributed by atoms with Crippen LogP contribution < -0.4 is 9.62 Å². The molecule has 0 aliphatic carbocycles. The molecule has 0 bridgehead atoms. The molecule has 0 saturated heterocycles. The molecule has 0 aliphatic rings. The molecule has 0 radical (unpaired) electrons. The lowest BCUT2D eigenvalue weighted by Gasteiger charge is -2.23. The van der Waals surface area contributed by atoms with Crippen molar-refractivity contribution in [1.82, 2.24) is 5.32 Å². The van der Waals surface area contributed by atoms with E-state index in [1.165, 1.54) is 12.1 Å². The molecule has 1 amide bonds. The third-order valence-electron chi connectivity index (χ3n) is 4.20. The van der Waals surface area contributed by atoms with Crippen LogP contribution in [0.4, 0.5) is 11.4 Å². The number of hydrogen-bond acceptors (Lipinski definition) is 6. The number of nitrogens with zero attached hydrogens (tertiary/aromatic N) is 2. The zero-order valence-corrected chi connectivity index (χ0v) is 19.9. The normalized spacial score (nSPS) is 11.2. The molecule has 0 fully saturated rings. The fraction of sp³-hybridized carbons (Fsp3) is 0.316. The van der Waals surface area contributed by atoms with Crippen LogP contribution in [0.3, 0.4) is 0 Å². The third-order valence-corrected chi connectivity index (χ3v) is 6.92. The van der Waals surface area contributed by atoms with Gasteiger partial charge in [-0.25, -0.2) is 8.42 Å². The molecule has 8 nitrogen and oxygen atoms in total. The summed E-state index contributed by atoms with van der Waals surface area (Å²) in [5, 5.41) is 14.8. The van der Waals surface area contributed by atoms with Crippen molar-refractivity contribution < 1.29 is 18.1 Å². The number of rotatable bonds is 10. The summed E-state index contributed by atoms with van der Waals surface area (Å²) in [7, 11) is -3.84. The van der Waals surface area contributed by atoms with Crippen molar-refractivity contribution in [3.05, 3.63) is 67.7 Å². The number of nitro benzene ring substituents is 1. The summed E-state index contributed by atoms with van der Waals surface area (Å²) in [6.45, 7) is 1.46. The summed E-state index contributed by atoms with van der Waals surface area (Å²) in [4.78, 5) is 22.8. The first-order valence-corrected chi connectivity index (χ1v) is 12.8. The number of anilines is 1. The molecule has 0 aliphatic heterocycles. The largest absolute Gasteiger partial charge is 0.354 e. The van der Waals surface area contributed by atoms with Crippen molar-refractivity contribution in [3.63, 3.8) is 0 Å². The van der Waals surface area contributed by atoms with E-state index in [9.17, 15) is 23.3 Å². The summed E-state index contributed by atoms with van der Waals surface area (Å²) in [6.07, 6.45) is 0.949. The molecule has 12 heteroatoms. The molecule has 0 spiro atoms. The summed E-state index contributed by atoms with van der Waals surface area (Å²) < 4.78 is 25.3. The minimum atomic E-state index is -3.84. The highest BCUT2D eigenvalue weighted by atomic mass is 35.5.